The monoisotopic (exact) mass is 289 g/mol. The van der Waals surface area contributed by atoms with Crippen LogP contribution in [0.25, 0.3) is 0 Å². The van der Waals surface area contributed by atoms with Gasteiger partial charge in [0.05, 0.1) is 6.54 Å². The van der Waals surface area contributed by atoms with Gasteiger partial charge in [0.2, 0.25) is 5.91 Å². The normalized spacial score (nSPS) is 18.7. The number of anilines is 1. The van der Waals surface area contributed by atoms with Crippen molar-refractivity contribution in [2.75, 3.05) is 31.5 Å². The number of hydrogen-bond donors (Lipinski definition) is 2. The number of para-hydroxylation sites is 1. The van der Waals surface area contributed by atoms with E-state index >= 15 is 0 Å². The first-order chi connectivity index (χ1) is 10.2. The number of benzene rings is 1. The van der Waals surface area contributed by atoms with E-state index in [0.717, 1.165) is 37.3 Å². The second kappa shape index (κ2) is 8.15. The summed E-state index contributed by atoms with van der Waals surface area (Å²) >= 11 is 0. The fraction of sp³-hybridized carbons (Fsp3) is 0.588. The summed E-state index contributed by atoms with van der Waals surface area (Å²) in [5.74, 6) is 0.0864. The average Bonchev–Trinajstić information content (AvgIpc) is 2.50. The van der Waals surface area contributed by atoms with Crippen LogP contribution in [0.1, 0.15) is 31.7 Å². The van der Waals surface area contributed by atoms with Crippen LogP contribution in [0.3, 0.4) is 0 Å². The van der Waals surface area contributed by atoms with Crippen molar-refractivity contribution in [1.82, 2.24) is 10.2 Å². The summed E-state index contributed by atoms with van der Waals surface area (Å²) in [6, 6.07) is 8.41. The molecule has 0 saturated carbocycles. The Labute approximate surface area is 127 Å². The van der Waals surface area contributed by atoms with Gasteiger partial charge in [-0.25, -0.2) is 0 Å². The summed E-state index contributed by atoms with van der Waals surface area (Å²) in [5, 5.41) is 6.47. The highest BCUT2D eigenvalue weighted by Gasteiger charge is 2.22. The van der Waals surface area contributed by atoms with Crippen molar-refractivity contribution in [3.05, 3.63) is 29.8 Å². The predicted molar refractivity (Wildman–Crippen MR) is 87.6 cm³/mol. The zero-order chi connectivity index (χ0) is 15.1. The molecule has 1 fully saturated rings. The molecule has 1 aromatic rings. The second-order valence-electron chi connectivity index (χ2n) is 5.83. The fourth-order valence-corrected chi connectivity index (χ4v) is 2.91. The molecule has 0 aromatic heterocycles. The maximum absolute atomic E-state index is 12.3. The Morgan fingerprint density at radius 3 is 2.90 bits per heavy atom. The van der Waals surface area contributed by atoms with Gasteiger partial charge in [-0.05, 0) is 50.9 Å². The lowest BCUT2D eigenvalue weighted by molar-refractivity contribution is -0.118. The molecular weight excluding hydrogens is 262 g/mol. The lowest BCUT2D eigenvalue weighted by atomic mass is 10.1. The summed E-state index contributed by atoms with van der Waals surface area (Å²) in [6.07, 6.45) is 3.46. The van der Waals surface area contributed by atoms with Crippen LogP contribution in [-0.4, -0.2) is 43.0 Å². The number of carbonyl (C=O) groups excluding carboxylic acids is 1. The van der Waals surface area contributed by atoms with Crippen molar-refractivity contribution in [3.8, 4) is 0 Å². The van der Waals surface area contributed by atoms with E-state index in [1.165, 1.54) is 12.8 Å². The smallest absolute Gasteiger partial charge is 0.238 e. The fourth-order valence-electron chi connectivity index (χ4n) is 2.91. The molecule has 0 bridgehead atoms. The number of amides is 1. The van der Waals surface area contributed by atoms with Crippen LogP contribution in [0.2, 0.25) is 0 Å². The minimum atomic E-state index is 0.0864. The second-order valence-corrected chi connectivity index (χ2v) is 5.83. The van der Waals surface area contributed by atoms with Crippen LogP contribution in [0, 0.1) is 6.92 Å². The summed E-state index contributed by atoms with van der Waals surface area (Å²) < 4.78 is 0. The van der Waals surface area contributed by atoms with Gasteiger partial charge in [-0.1, -0.05) is 25.1 Å². The van der Waals surface area contributed by atoms with E-state index in [1.54, 1.807) is 0 Å². The topological polar surface area (TPSA) is 44.4 Å². The van der Waals surface area contributed by atoms with Crippen LogP contribution in [0.4, 0.5) is 5.69 Å². The Hall–Kier alpha value is -1.39. The molecule has 4 nitrogen and oxygen atoms in total. The van der Waals surface area contributed by atoms with Crippen LogP contribution in [0.15, 0.2) is 24.3 Å². The molecule has 1 unspecified atom stereocenters. The summed E-state index contributed by atoms with van der Waals surface area (Å²) in [4.78, 5) is 14.6. The number of piperidine rings is 1. The highest BCUT2D eigenvalue weighted by molar-refractivity contribution is 5.92. The van der Waals surface area contributed by atoms with Crippen molar-refractivity contribution in [2.45, 2.75) is 39.2 Å². The van der Waals surface area contributed by atoms with E-state index in [4.69, 9.17) is 0 Å². The molecule has 1 aromatic carbocycles. The largest absolute Gasteiger partial charge is 0.325 e. The van der Waals surface area contributed by atoms with Gasteiger partial charge in [-0.3, -0.25) is 9.69 Å². The maximum Gasteiger partial charge on any atom is 0.238 e. The number of carbonyl (C=O) groups is 1. The molecule has 1 amide bonds. The SMILES string of the molecule is CCCN(CC(=O)Nc1ccccc1C)C1CCCNC1. The van der Waals surface area contributed by atoms with Gasteiger partial charge in [0.1, 0.15) is 0 Å². The van der Waals surface area contributed by atoms with Crippen LogP contribution >= 0.6 is 0 Å². The molecule has 0 radical (unpaired) electrons. The first kappa shape index (κ1) is 16.0. The molecule has 116 valence electrons. The third-order valence-corrected chi connectivity index (χ3v) is 4.06. The lowest BCUT2D eigenvalue weighted by Crippen LogP contribution is -2.48. The molecule has 1 atom stereocenters. The van der Waals surface area contributed by atoms with Crippen molar-refractivity contribution < 1.29 is 4.79 Å². The van der Waals surface area contributed by atoms with Gasteiger partial charge in [-0.15, -0.1) is 0 Å². The van der Waals surface area contributed by atoms with Crippen molar-refractivity contribution in [3.63, 3.8) is 0 Å². The minimum absolute atomic E-state index is 0.0864. The zero-order valence-electron chi connectivity index (χ0n) is 13.2. The predicted octanol–water partition coefficient (Wildman–Crippen LogP) is 2.40. The van der Waals surface area contributed by atoms with Gasteiger partial charge < -0.3 is 10.6 Å². The first-order valence-corrected chi connectivity index (χ1v) is 8.01. The molecule has 2 N–H and O–H groups in total. The Balaban J connectivity index is 1.93. The van der Waals surface area contributed by atoms with Crippen LogP contribution < -0.4 is 10.6 Å². The summed E-state index contributed by atoms with van der Waals surface area (Å²) in [6.45, 7) is 7.75. The summed E-state index contributed by atoms with van der Waals surface area (Å²) in [5.41, 5.74) is 2.02. The Bertz CT molecular complexity index is 455. The molecule has 0 spiro atoms. The molecule has 1 saturated heterocycles. The van der Waals surface area contributed by atoms with Crippen LogP contribution in [0.5, 0.6) is 0 Å². The van der Waals surface area contributed by atoms with E-state index in [1.807, 2.05) is 31.2 Å². The molecule has 0 aliphatic carbocycles. The third kappa shape index (κ3) is 4.83. The number of hydrogen-bond acceptors (Lipinski definition) is 3. The van der Waals surface area contributed by atoms with E-state index in [2.05, 4.69) is 22.5 Å². The zero-order valence-corrected chi connectivity index (χ0v) is 13.2. The Kier molecular flexibility index (Phi) is 6.21. The molecule has 1 aliphatic heterocycles. The maximum atomic E-state index is 12.3. The highest BCUT2D eigenvalue weighted by atomic mass is 16.2. The molecule has 4 heteroatoms. The molecule has 1 aliphatic rings. The van der Waals surface area contributed by atoms with E-state index in [9.17, 15) is 4.79 Å². The molecule has 1 heterocycles. The number of rotatable bonds is 6. The van der Waals surface area contributed by atoms with Gasteiger partial charge in [-0.2, -0.15) is 0 Å². The highest BCUT2D eigenvalue weighted by Crippen LogP contribution is 2.14. The Morgan fingerprint density at radius 2 is 2.24 bits per heavy atom. The number of aryl methyl sites for hydroxylation is 1. The van der Waals surface area contributed by atoms with Crippen molar-refractivity contribution >= 4 is 11.6 Å². The quantitative estimate of drug-likeness (QED) is 0.845. The Morgan fingerprint density at radius 1 is 1.43 bits per heavy atom. The molecule has 2 rings (SSSR count). The van der Waals surface area contributed by atoms with Crippen LogP contribution in [-0.2, 0) is 4.79 Å². The molecular formula is C17H27N3O. The average molecular weight is 289 g/mol. The lowest BCUT2D eigenvalue weighted by Gasteiger charge is -2.34. The third-order valence-electron chi connectivity index (χ3n) is 4.06. The minimum Gasteiger partial charge on any atom is -0.325 e. The standard InChI is InChI=1S/C17H27N3O/c1-3-11-20(15-8-6-10-18-12-15)13-17(21)19-16-9-5-4-7-14(16)2/h4-5,7,9,15,18H,3,6,8,10-13H2,1-2H3,(H,19,21). The number of nitrogens with one attached hydrogen (secondary N) is 2. The number of nitrogens with zero attached hydrogens (tertiary/aromatic N) is 1. The van der Waals surface area contributed by atoms with Gasteiger partial charge in [0.15, 0.2) is 0 Å². The molecule has 21 heavy (non-hydrogen) atoms. The van der Waals surface area contributed by atoms with E-state index < -0.39 is 0 Å². The van der Waals surface area contributed by atoms with E-state index in [0.29, 0.717) is 12.6 Å². The van der Waals surface area contributed by atoms with Gasteiger partial charge >= 0.3 is 0 Å². The van der Waals surface area contributed by atoms with Gasteiger partial charge in [0, 0.05) is 18.3 Å². The van der Waals surface area contributed by atoms with Gasteiger partial charge in [0.25, 0.3) is 0 Å². The van der Waals surface area contributed by atoms with E-state index in [-0.39, 0.29) is 5.91 Å². The summed E-state index contributed by atoms with van der Waals surface area (Å²) in [7, 11) is 0. The first-order valence-electron chi connectivity index (χ1n) is 8.01. The van der Waals surface area contributed by atoms with Crippen molar-refractivity contribution in [2.24, 2.45) is 0 Å². The van der Waals surface area contributed by atoms with Crippen molar-refractivity contribution in [1.29, 1.82) is 0 Å².